The van der Waals surface area contributed by atoms with Crippen molar-refractivity contribution in [2.24, 2.45) is 17.3 Å². The summed E-state index contributed by atoms with van der Waals surface area (Å²) < 4.78 is 0. The molecule has 2 nitrogen and oxygen atoms in total. The molecule has 2 saturated carbocycles. The van der Waals surface area contributed by atoms with Crippen molar-refractivity contribution in [1.29, 1.82) is 0 Å². The van der Waals surface area contributed by atoms with Gasteiger partial charge in [0.25, 0.3) is 0 Å². The van der Waals surface area contributed by atoms with Gasteiger partial charge in [0.2, 0.25) is 0 Å². The maximum absolute atomic E-state index is 11.5. The molecule has 0 saturated heterocycles. The predicted molar refractivity (Wildman–Crippen MR) is 65.7 cm³/mol. The van der Waals surface area contributed by atoms with Crippen molar-refractivity contribution in [3.63, 3.8) is 0 Å². The molecule has 2 unspecified atom stereocenters. The molecule has 90 valence electrons. The first-order valence-corrected chi connectivity index (χ1v) is 6.47. The van der Waals surface area contributed by atoms with E-state index in [2.05, 4.69) is 12.1 Å². The molecule has 1 aromatic carbocycles. The molecule has 2 fully saturated rings. The lowest BCUT2D eigenvalue weighted by molar-refractivity contribution is -0.149. The van der Waals surface area contributed by atoms with Crippen LogP contribution in [-0.2, 0) is 11.2 Å². The lowest BCUT2D eigenvalue weighted by Crippen LogP contribution is -2.30. The van der Waals surface area contributed by atoms with Gasteiger partial charge in [-0.3, -0.25) is 4.79 Å². The zero-order valence-corrected chi connectivity index (χ0v) is 9.93. The van der Waals surface area contributed by atoms with Crippen molar-refractivity contribution in [3.8, 4) is 0 Å². The van der Waals surface area contributed by atoms with Gasteiger partial charge in [-0.2, -0.15) is 0 Å². The minimum absolute atomic E-state index is 0.413. The summed E-state index contributed by atoms with van der Waals surface area (Å²) in [5.41, 5.74) is 0.845. The highest BCUT2D eigenvalue weighted by Crippen LogP contribution is 2.61. The van der Waals surface area contributed by atoms with Gasteiger partial charge in [-0.25, -0.2) is 0 Å². The second-order valence-corrected chi connectivity index (χ2v) is 5.74. The fraction of sp³-hybridized carbons (Fsp3) is 0.533. The van der Waals surface area contributed by atoms with Crippen molar-refractivity contribution in [2.45, 2.75) is 32.1 Å². The summed E-state index contributed by atoms with van der Waals surface area (Å²) in [5.74, 6) is 0.879. The van der Waals surface area contributed by atoms with E-state index in [1.165, 1.54) is 12.0 Å². The predicted octanol–water partition coefficient (Wildman–Crippen LogP) is 3.12. The van der Waals surface area contributed by atoms with Crippen molar-refractivity contribution in [1.82, 2.24) is 0 Å². The van der Waals surface area contributed by atoms with Crippen LogP contribution in [0.1, 0.15) is 31.2 Å². The van der Waals surface area contributed by atoms with Gasteiger partial charge in [0.1, 0.15) is 0 Å². The Bertz CT molecular complexity index is 414. The summed E-state index contributed by atoms with van der Waals surface area (Å²) in [7, 11) is 0. The zero-order valence-electron chi connectivity index (χ0n) is 9.93. The summed E-state index contributed by atoms with van der Waals surface area (Å²) in [5, 5.41) is 9.48. The molecule has 1 N–H and O–H groups in total. The monoisotopic (exact) mass is 230 g/mol. The molecule has 2 atom stereocenters. The van der Waals surface area contributed by atoms with Gasteiger partial charge in [-0.05, 0) is 49.5 Å². The largest absolute Gasteiger partial charge is 0.481 e. The van der Waals surface area contributed by atoms with E-state index in [1.807, 2.05) is 18.2 Å². The topological polar surface area (TPSA) is 37.3 Å². The van der Waals surface area contributed by atoms with Gasteiger partial charge in [-0.1, -0.05) is 30.3 Å². The van der Waals surface area contributed by atoms with Gasteiger partial charge in [0.15, 0.2) is 0 Å². The number of carbonyl (C=O) groups is 1. The van der Waals surface area contributed by atoms with Crippen molar-refractivity contribution >= 4 is 5.97 Å². The summed E-state index contributed by atoms with van der Waals surface area (Å²) >= 11 is 0. The number of fused-ring (bicyclic) bond motifs is 1. The lowest BCUT2D eigenvalue weighted by Gasteiger charge is -2.25. The summed E-state index contributed by atoms with van der Waals surface area (Å²) in [6, 6.07) is 10.2. The molecule has 2 aliphatic carbocycles. The summed E-state index contributed by atoms with van der Waals surface area (Å²) in [6.07, 6.45) is 4.81. The molecule has 0 aromatic heterocycles. The van der Waals surface area contributed by atoms with Crippen molar-refractivity contribution in [3.05, 3.63) is 35.9 Å². The minimum atomic E-state index is -0.569. The quantitative estimate of drug-likeness (QED) is 0.862. The van der Waals surface area contributed by atoms with Crippen LogP contribution in [0.25, 0.3) is 0 Å². The maximum atomic E-state index is 11.5. The molecule has 0 spiro atoms. The van der Waals surface area contributed by atoms with E-state index < -0.39 is 11.4 Å². The number of aliphatic carboxylic acids is 1. The zero-order chi connectivity index (χ0) is 11.9. The average molecular weight is 230 g/mol. The Labute approximate surface area is 102 Å². The van der Waals surface area contributed by atoms with Crippen molar-refractivity contribution < 1.29 is 9.90 Å². The SMILES string of the molecule is O=C(O)C1(CCc2ccccc2)CC2CC2C1. The van der Waals surface area contributed by atoms with E-state index in [9.17, 15) is 9.90 Å². The van der Waals surface area contributed by atoms with Gasteiger partial charge in [-0.15, -0.1) is 0 Å². The fourth-order valence-corrected chi connectivity index (χ4v) is 3.41. The first-order valence-electron chi connectivity index (χ1n) is 6.47. The molecular weight excluding hydrogens is 212 g/mol. The Hall–Kier alpha value is -1.31. The molecule has 3 rings (SSSR count). The Morgan fingerprint density at radius 2 is 1.88 bits per heavy atom. The molecule has 0 amide bonds. The first-order chi connectivity index (χ1) is 8.20. The third-order valence-electron chi connectivity index (χ3n) is 4.56. The maximum Gasteiger partial charge on any atom is 0.309 e. The molecule has 17 heavy (non-hydrogen) atoms. The van der Waals surface area contributed by atoms with E-state index in [-0.39, 0.29) is 0 Å². The summed E-state index contributed by atoms with van der Waals surface area (Å²) in [4.78, 5) is 11.5. The minimum Gasteiger partial charge on any atom is -0.481 e. The number of hydrogen-bond donors (Lipinski definition) is 1. The summed E-state index contributed by atoms with van der Waals surface area (Å²) in [6.45, 7) is 0. The number of aryl methyl sites for hydroxylation is 1. The van der Waals surface area contributed by atoms with E-state index in [0.29, 0.717) is 0 Å². The molecule has 0 radical (unpaired) electrons. The standard InChI is InChI=1S/C15H18O2/c16-14(17)15(9-12-8-13(12)10-15)7-6-11-4-2-1-3-5-11/h1-5,12-13H,6-10H2,(H,16,17). The third kappa shape index (κ3) is 1.97. The van der Waals surface area contributed by atoms with Crippen LogP contribution in [0, 0.1) is 17.3 Å². The number of rotatable bonds is 4. The normalized spacial score (nSPS) is 34.4. The average Bonchev–Trinajstić information content (AvgIpc) is 2.96. The van der Waals surface area contributed by atoms with Crippen LogP contribution in [0.5, 0.6) is 0 Å². The molecule has 0 bridgehead atoms. The fourth-order valence-electron chi connectivity index (χ4n) is 3.41. The Morgan fingerprint density at radius 1 is 1.24 bits per heavy atom. The van der Waals surface area contributed by atoms with Crippen molar-refractivity contribution in [2.75, 3.05) is 0 Å². The molecular formula is C15H18O2. The molecule has 1 aromatic rings. The van der Waals surface area contributed by atoms with Crippen LogP contribution < -0.4 is 0 Å². The van der Waals surface area contributed by atoms with E-state index in [0.717, 1.165) is 37.5 Å². The number of carboxylic acid groups (broad SMARTS) is 1. The number of benzene rings is 1. The third-order valence-corrected chi connectivity index (χ3v) is 4.56. The highest BCUT2D eigenvalue weighted by atomic mass is 16.4. The van der Waals surface area contributed by atoms with E-state index in [1.54, 1.807) is 0 Å². The lowest BCUT2D eigenvalue weighted by atomic mass is 9.78. The van der Waals surface area contributed by atoms with Gasteiger partial charge >= 0.3 is 5.97 Å². The highest BCUT2D eigenvalue weighted by molar-refractivity contribution is 5.75. The molecule has 0 heterocycles. The van der Waals surface area contributed by atoms with Gasteiger partial charge in [0.05, 0.1) is 5.41 Å². The van der Waals surface area contributed by atoms with E-state index >= 15 is 0 Å². The van der Waals surface area contributed by atoms with Crippen LogP contribution >= 0.6 is 0 Å². The second kappa shape index (κ2) is 3.86. The number of carboxylic acids is 1. The van der Waals surface area contributed by atoms with Crippen LogP contribution in [-0.4, -0.2) is 11.1 Å². The molecule has 2 heteroatoms. The van der Waals surface area contributed by atoms with Gasteiger partial charge < -0.3 is 5.11 Å². The Kier molecular flexibility index (Phi) is 2.46. The smallest absolute Gasteiger partial charge is 0.309 e. The highest BCUT2D eigenvalue weighted by Gasteiger charge is 2.56. The van der Waals surface area contributed by atoms with Crippen LogP contribution in [0.4, 0.5) is 0 Å². The van der Waals surface area contributed by atoms with E-state index in [4.69, 9.17) is 0 Å². The Balaban J connectivity index is 1.68. The number of hydrogen-bond acceptors (Lipinski definition) is 1. The Morgan fingerprint density at radius 3 is 2.47 bits per heavy atom. The second-order valence-electron chi connectivity index (χ2n) is 5.74. The van der Waals surface area contributed by atoms with Crippen LogP contribution in [0.2, 0.25) is 0 Å². The van der Waals surface area contributed by atoms with Gasteiger partial charge in [0, 0.05) is 0 Å². The van der Waals surface area contributed by atoms with Crippen LogP contribution in [0.3, 0.4) is 0 Å². The first kappa shape index (κ1) is 10.8. The molecule has 0 aliphatic heterocycles. The van der Waals surface area contributed by atoms with Crippen LogP contribution in [0.15, 0.2) is 30.3 Å². The molecule has 2 aliphatic rings.